The number of fused-ring (bicyclic) bond motifs is 2. The van der Waals surface area contributed by atoms with E-state index in [1.165, 1.54) is 36.9 Å². The Balaban J connectivity index is 1.27. The molecule has 1 N–H and O–H groups in total. The summed E-state index contributed by atoms with van der Waals surface area (Å²) in [5.41, 5.74) is 1.83. The number of imidazole rings is 1. The summed E-state index contributed by atoms with van der Waals surface area (Å²) in [5, 5.41) is 24.7. The third kappa shape index (κ3) is 9.79. The van der Waals surface area contributed by atoms with Crippen molar-refractivity contribution >= 4 is 57.7 Å². The van der Waals surface area contributed by atoms with E-state index in [-0.39, 0.29) is 76.8 Å². The van der Waals surface area contributed by atoms with Crippen LogP contribution >= 0.6 is 0 Å². The highest BCUT2D eigenvalue weighted by Gasteiger charge is 2.62. The smallest absolute Gasteiger partial charge is 0.449 e. The molecular formula is C40H53N7O13Si2. The lowest BCUT2D eigenvalue weighted by Crippen LogP contribution is -2.66. The van der Waals surface area contributed by atoms with Crippen LogP contribution in [0.25, 0.3) is 11.2 Å². The molecule has 20 nitrogen and oxygen atoms in total. The van der Waals surface area contributed by atoms with Crippen molar-refractivity contribution in [3.05, 3.63) is 92.5 Å². The molecule has 2 aromatic heterocycles. The van der Waals surface area contributed by atoms with Crippen LogP contribution in [0, 0.1) is 20.2 Å². The minimum absolute atomic E-state index is 0.0187. The van der Waals surface area contributed by atoms with Crippen LogP contribution < -0.4 is 5.32 Å². The molecule has 62 heavy (non-hydrogen) atoms. The number of ether oxygens (including phenoxy) is 4. The Morgan fingerprint density at radius 1 is 0.806 bits per heavy atom. The molecule has 0 aliphatic carbocycles. The van der Waals surface area contributed by atoms with Gasteiger partial charge in [0.25, 0.3) is 11.4 Å². The maximum atomic E-state index is 13.6. The van der Waals surface area contributed by atoms with Gasteiger partial charge >= 0.3 is 29.4 Å². The highest BCUT2D eigenvalue weighted by molar-refractivity contribution is 6.84. The number of non-ortho nitro benzene ring substituents is 2. The highest BCUT2D eigenvalue weighted by atomic mass is 28.5. The molecular weight excluding hydrogens is 843 g/mol. The Kier molecular flexibility index (Phi) is 14.4. The molecule has 0 saturated carbocycles. The Labute approximate surface area is 360 Å². The summed E-state index contributed by atoms with van der Waals surface area (Å²) in [6.07, 6.45) is -2.37. The maximum Gasteiger partial charge on any atom is 0.508 e. The van der Waals surface area contributed by atoms with Gasteiger partial charge in [-0.3, -0.25) is 30.1 Å². The van der Waals surface area contributed by atoms with Crippen molar-refractivity contribution in [2.24, 2.45) is 0 Å². The quantitative estimate of drug-likeness (QED) is 0.0513. The largest absolute Gasteiger partial charge is 0.508 e. The molecule has 6 rings (SSSR count). The number of rotatable bonds is 15. The van der Waals surface area contributed by atoms with Crippen LogP contribution in [-0.4, -0.2) is 96.9 Å². The summed E-state index contributed by atoms with van der Waals surface area (Å²) in [6, 6.07) is 11.9. The van der Waals surface area contributed by atoms with E-state index in [1.807, 2.05) is 0 Å². The minimum Gasteiger partial charge on any atom is -0.449 e. The molecule has 0 spiro atoms. The summed E-state index contributed by atoms with van der Waals surface area (Å²) in [6.45, 7) is 16.7. The summed E-state index contributed by atoms with van der Waals surface area (Å²) in [5.74, 6) is 0.0462. The van der Waals surface area contributed by atoms with Crippen molar-refractivity contribution in [1.29, 1.82) is 0 Å². The maximum absolute atomic E-state index is 13.6. The van der Waals surface area contributed by atoms with Gasteiger partial charge in [-0.2, -0.15) is 0 Å². The number of benzene rings is 2. The van der Waals surface area contributed by atoms with E-state index in [2.05, 4.69) is 75.7 Å². The van der Waals surface area contributed by atoms with Gasteiger partial charge in [-0.25, -0.2) is 24.5 Å². The number of hydrogen-bond donors (Lipinski definition) is 1. The van der Waals surface area contributed by atoms with E-state index in [1.54, 1.807) is 28.8 Å². The third-order valence-electron chi connectivity index (χ3n) is 11.2. The van der Waals surface area contributed by atoms with Gasteiger partial charge in [0, 0.05) is 37.1 Å². The first kappa shape index (κ1) is 46.1. The molecule has 2 aromatic carbocycles. The number of carbonyl (C=O) groups is 2. The van der Waals surface area contributed by atoms with Crippen molar-refractivity contribution in [3.63, 3.8) is 0 Å². The molecule has 22 heteroatoms. The fourth-order valence-corrected chi connectivity index (χ4v) is 19.2. The molecule has 0 radical (unpaired) electrons. The second kappa shape index (κ2) is 19.3. The first-order chi connectivity index (χ1) is 29.4. The Hall–Kier alpha value is -5.40. The van der Waals surface area contributed by atoms with Crippen LogP contribution in [0.3, 0.4) is 0 Å². The van der Waals surface area contributed by atoms with Gasteiger partial charge in [0.1, 0.15) is 18.5 Å². The predicted octanol–water partition coefficient (Wildman–Crippen LogP) is 8.05. The van der Waals surface area contributed by atoms with E-state index in [4.69, 9.17) is 31.9 Å². The van der Waals surface area contributed by atoms with Gasteiger partial charge in [-0.1, -0.05) is 79.7 Å². The molecule has 334 valence electrons. The van der Waals surface area contributed by atoms with E-state index in [0.29, 0.717) is 6.42 Å². The lowest BCUT2D eigenvalue weighted by atomic mass is 10.1. The SMILES string of the molecule is CC(C)[Si]1(C(C)C)OC[C@H]2O[C@@H](n3cnc4c(NC(=O)OCCc5ccc([N+](=O)[O-])cc5)ncnc43)[C@@H](OC(=O)OCCc3ccc([N+](=O)[O-])cc3)[C@@H]2O[Si](C(C)C)(C(C)C)O1. The van der Waals surface area contributed by atoms with Gasteiger partial charge in [-0.05, 0) is 33.3 Å². The van der Waals surface area contributed by atoms with Crippen molar-refractivity contribution in [3.8, 4) is 0 Å². The molecule has 4 aromatic rings. The Morgan fingerprint density at radius 3 is 1.89 bits per heavy atom. The first-order valence-electron chi connectivity index (χ1n) is 20.5. The number of anilines is 1. The fourth-order valence-electron chi connectivity index (χ4n) is 7.96. The number of nitro benzene ring substituents is 2. The fraction of sp³-hybridized carbons (Fsp3) is 0.525. The zero-order valence-electron chi connectivity index (χ0n) is 35.9. The van der Waals surface area contributed by atoms with Crippen LogP contribution in [0.15, 0.2) is 61.2 Å². The van der Waals surface area contributed by atoms with Gasteiger partial charge in [0.15, 0.2) is 29.3 Å². The normalized spacial score (nSPS) is 20.8. The van der Waals surface area contributed by atoms with E-state index in [0.717, 1.165) is 11.1 Å². The lowest BCUT2D eigenvalue weighted by Gasteiger charge is -2.51. The zero-order chi connectivity index (χ0) is 44.9. The highest BCUT2D eigenvalue weighted by Crippen LogP contribution is 2.49. The van der Waals surface area contributed by atoms with Crippen LogP contribution in [0.4, 0.5) is 26.8 Å². The monoisotopic (exact) mass is 895 g/mol. The molecule has 2 saturated heterocycles. The summed E-state index contributed by atoms with van der Waals surface area (Å²) >= 11 is 0. The third-order valence-corrected chi connectivity index (χ3v) is 21.5. The molecule has 2 aliphatic heterocycles. The molecule has 1 amide bonds. The van der Waals surface area contributed by atoms with Crippen molar-refractivity contribution in [1.82, 2.24) is 19.5 Å². The van der Waals surface area contributed by atoms with Gasteiger partial charge in [-0.15, -0.1) is 0 Å². The number of nitrogens with one attached hydrogen (secondary N) is 1. The number of nitrogens with zero attached hydrogens (tertiary/aromatic N) is 6. The first-order valence-corrected chi connectivity index (χ1v) is 24.5. The Bertz CT molecular complexity index is 2210. The van der Waals surface area contributed by atoms with Crippen molar-refractivity contribution in [2.45, 2.75) is 115 Å². The number of hydrogen-bond acceptors (Lipinski definition) is 16. The summed E-state index contributed by atoms with van der Waals surface area (Å²) in [7, 11) is -6.21. The minimum atomic E-state index is -3.24. The van der Waals surface area contributed by atoms with E-state index < -0.39 is 63.8 Å². The second-order valence-electron chi connectivity index (χ2n) is 16.5. The number of amides is 1. The average molecular weight is 896 g/mol. The van der Waals surface area contributed by atoms with Gasteiger partial charge in [0.05, 0.1) is 36.0 Å². The van der Waals surface area contributed by atoms with Crippen LogP contribution in [0.1, 0.15) is 72.7 Å². The van der Waals surface area contributed by atoms with Gasteiger partial charge < -0.3 is 31.9 Å². The topological polar surface area (TPSA) is 241 Å². The molecule has 0 bridgehead atoms. The van der Waals surface area contributed by atoms with Gasteiger partial charge in [0.2, 0.25) is 0 Å². The van der Waals surface area contributed by atoms with Crippen LogP contribution in [0.5, 0.6) is 0 Å². The standard InChI is InChI=1S/C40H53N7O13Si2/c1-24(2)61(25(3)4)56-21-32-34(59-62(60-61,26(5)6)27(7)8)35(58-40(49)55-20-18-29-11-15-31(16-12-29)47(52)53)38(57-32)45-23-43-33-36(41-22-42-37(33)45)44-39(48)54-19-17-28-9-13-30(14-10-28)46(50)51/h9-16,22-27,32,34-35,38H,17-21H2,1-8H3,(H,41,42,44,48)/t32-,34-,35+,38-/m1/s1. The molecule has 2 aliphatic rings. The molecule has 4 atom stereocenters. The van der Waals surface area contributed by atoms with Crippen molar-refractivity contribution < 1.29 is 51.4 Å². The van der Waals surface area contributed by atoms with E-state index in [9.17, 15) is 29.8 Å². The average Bonchev–Trinajstić information content (AvgIpc) is 3.78. The summed E-state index contributed by atoms with van der Waals surface area (Å²) in [4.78, 5) is 60.9. The van der Waals surface area contributed by atoms with Crippen molar-refractivity contribution in [2.75, 3.05) is 25.1 Å². The Morgan fingerprint density at radius 2 is 1.35 bits per heavy atom. The van der Waals surface area contributed by atoms with E-state index >= 15 is 0 Å². The number of aromatic nitrogens is 4. The zero-order valence-corrected chi connectivity index (χ0v) is 37.9. The molecule has 2 fully saturated rings. The second-order valence-corrected chi connectivity index (χ2v) is 25.3. The van der Waals surface area contributed by atoms with Crippen LogP contribution in [-0.2, 0) is 44.8 Å². The molecule has 4 heterocycles. The predicted molar refractivity (Wildman–Crippen MR) is 228 cm³/mol. The lowest BCUT2D eigenvalue weighted by molar-refractivity contribution is -0.385. The summed E-state index contributed by atoms with van der Waals surface area (Å²) < 4.78 is 47.1. The molecule has 0 unspecified atom stereocenters. The number of nitro groups is 2. The number of carbonyl (C=O) groups excluding carboxylic acids is 2. The van der Waals surface area contributed by atoms with Crippen LogP contribution in [0.2, 0.25) is 22.2 Å².